The molecule has 0 aromatic heterocycles. The van der Waals surface area contributed by atoms with Crippen LogP contribution >= 0.6 is 0 Å². The molecule has 0 spiro atoms. The first kappa shape index (κ1) is 13.8. The molecule has 18 heavy (non-hydrogen) atoms. The molecule has 0 radical (unpaired) electrons. The highest BCUT2D eigenvalue weighted by Crippen LogP contribution is 2.29. The molecule has 2 fully saturated rings. The standard InChI is InChI=1S/C14H27N3O/c1-3-14(6-7-15-11-14)13(18)16-9-12-5-8-17(4-2)10-12/h12,15H,3-11H2,1-2H3,(H,16,18). The summed E-state index contributed by atoms with van der Waals surface area (Å²) in [5.41, 5.74) is -0.136. The average molecular weight is 253 g/mol. The summed E-state index contributed by atoms with van der Waals surface area (Å²) in [5, 5.41) is 6.52. The third-order valence-corrected chi connectivity index (χ3v) is 4.77. The van der Waals surface area contributed by atoms with E-state index in [9.17, 15) is 4.79 Å². The van der Waals surface area contributed by atoms with Gasteiger partial charge in [0.1, 0.15) is 0 Å². The topological polar surface area (TPSA) is 44.4 Å². The van der Waals surface area contributed by atoms with Crippen molar-refractivity contribution in [3.05, 3.63) is 0 Å². The van der Waals surface area contributed by atoms with Gasteiger partial charge in [0.15, 0.2) is 0 Å². The van der Waals surface area contributed by atoms with Gasteiger partial charge in [-0.1, -0.05) is 13.8 Å². The van der Waals surface area contributed by atoms with Gasteiger partial charge in [0.2, 0.25) is 5.91 Å². The van der Waals surface area contributed by atoms with Crippen LogP contribution in [0, 0.1) is 11.3 Å². The summed E-state index contributed by atoms with van der Waals surface area (Å²) >= 11 is 0. The largest absolute Gasteiger partial charge is 0.355 e. The van der Waals surface area contributed by atoms with E-state index in [-0.39, 0.29) is 11.3 Å². The molecule has 104 valence electrons. The maximum Gasteiger partial charge on any atom is 0.227 e. The first-order chi connectivity index (χ1) is 8.70. The second-order valence-electron chi connectivity index (χ2n) is 5.82. The van der Waals surface area contributed by atoms with Crippen molar-refractivity contribution in [2.75, 3.05) is 39.3 Å². The zero-order valence-electron chi connectivity index (χ0n) is 11.8. The quantitative estimate of drug-likeness (QED) is 0.763. The second kappa shape index (κ2) is 6.02. The first-order valence-electron chi connectivity index (χ1n) is 7.41. The molecule has 0 bridgehead atoms. The van der Waals surface area contributed by atoms with Crippen LogP contribution in [0.25, 0.3) is 0 Å². The van der Waals surface area contributed by atoms with E-state index in [2.05, 4.69) is 29.4 Å². The summed E-state index contributed by atoms with van der Waals surface area (Å²) in [6.45, 7) is 10.5. The lowest BCUT2D eigenvalue weighted by molar-refractivity contribution is -0.130. The molecule has 0 aromatic rings. The normalized spacial score (nSPS) is 32.9. The third kappa shape index (κ3) is 2.86. The second-order valence-corrected chi connectivity index (χ2v) is 5.82. The summed E-state index contributed by atoms with van der Waals surface area (Å²) in [6.07, 6.45) is 3.16. The number of rotatable bonds is 5. The average Bonchev–Trinajstić information content (AvgIpc) is 3.05. The van der Waals surface area contributed by atoms with Crippen molar-refractivity contribution in [2.24, 2.45) is 11.3 Å². The Labute approximate surface area is 110 Å². The number of nitrogens with zero attached hydrogens (tertiary/aromatic N) is 1. The molecular weight excluding hydrogens is 226 g/mol. The van der Waals surface area contributed by atoms with Crippen molar-refractivity contribution in [3.8, 4) is 0 Å². The number of carbonyl (C=O) groups excluding carboxylic acids is 1. The van der Waals surface area contributed by atoms with Crippen LogP contribution in [0.3, 0.4) is 0 Å². The minimum Gasteiger partial charge on any atom is -0.355 e. The number of likely N-dealkylation sites (tertiary alicyclic amines) is 1. The number of amides is 1. The Bertz CT molecular complexity index is 287. The fourth-order valence-electron chi connectivity index (χ4n) is 3.19. The molecule has 2 heterocycles. The number of nitrogens with one attached hydrogen (secondary N) is 2. The van der Waals surface area contributed by atoms with Gasteiger partial charge in [-0.3, -0.25) is 4.79 Å². The van der Waals surface area contributed by atoms with E-state index in [4.69, 9.17) is 0 Å². The summed E-state index contributed by atoms with van der Waals surface area (Å²) in [6, 6.07) is 0. The number of hydrogen-bond acceptors (Lipinski definition) is 3. The third-order valence-electron chi connectivity index (χ3n) is 4.77. The van der Waals surface area contributed by atoms with E-state index < -0.39 is 0 Å². The predicted molar refractivity (Wildman–Crippen MR) is 73.4 cm³/mol. The van der Waals surface area contributed by atoms with Crippen LogP contribution in [-0.2, 0) is 4.79 Å². The van der Waals surface area contributed by atoms with Gasteiger partial charge >= 0.3 is 0 Å². The molecule has 2 unspecified atom stereocenters. The molecule has 2 N–H and O–H groups in total. The minimum atomic E-state index is -0.136. The van der Waals surface area contributed by atoms with Crippen LogP contribution in [-0.4, -0.2) is 50.1 Å². The fourth-order valence-corrected chi connectivity index (χ4v) is 3.19. The smallest absolute Gasteiger partial charge is 0.227 e. The van der Waals surface area contributed by atoms with Gasteiger partial charge in [-0.15, -0.1) is 0 Å². The highest BCUT2D eigenvalue weighted by molar-refractivity contribution is 5.83. The minimum absolute atomic E-state index is 0.136. The zero-order chi connectivity index (χ0) is 13.0. The van der Waals surface area contributed by atoms with Crippen molar-refractivity contribution in [1.29, 1.82) is 0 Å². The number of carbonyl (C=O) groups is 1. The Morgan fingerprint density at radius 2 is 2.33 bits per heavy atom. The van der Waals surface area contributed by atoms with Crippen LogP contribution in [0.5, 0.6) is 0 Å². The van der Waals surface area contributed by atoms with Crippen LogP contribution in [0.4, 0.5) is 0 Å². The Morgan fingerprint density at radius 3 is 2.89 bits per heavy atom. The van der Waals surface area contributed by atoms with E-state index in [0.717, 1.165) is 45.6 Å². The van der Waals surface area contributed by atoms with Crippen LogP contribution in [0.2, 0.25) is 0 Å². The van der Waals surface area contributed by atoms with Crippen LogP contribution in [0.1, 0.15) is 33.1 Å². The molecule has 0 aromatic carbocycles. The monoisotopic (exact) mass is 253 g/mol. The van der Waals surface area contributed by atoms with E-state index in [0.29, 0.717) is 5.92 Å². The summed E-state index contributed by atoms with van der Waals surface area (Å²) in [5.74, 6) is 0.919. The SMILES string of the molecule is CCN1CCC(CNC(=O)C2(CC)CCNC2)C1. The van der Waals surface area contributed by atoms with Gasteiger partial charge in [0, 0.05) is 19.6 Å². The highest BCUT2D eigenvalue weighted by Gasteiger charge is 2.39. The van der Waals surface area contributed by atoms with Gasteiger partial charge in [0.05, 0.1) is 5.41 Å². The lowest BCUT2D eigenvalue weighted by Gasteiger charge is -2.26. The molecule has 0 aliphatic carbocycles. The van der Waals surface area contributed by atoms with Crippen molar-refractivity contribution in [2.45, 2.75) is 33.1 Å². The Balaban J connectivity index is 1.78. The van der Waals surface area contributed by atoms with E-state index >= 15 is 0 Å². The lowest BCUT2D eigenvalue weighted by atomic mass is 9.83. The Kier molecular flexibility index (Phi) is 4.62. The van der Waals surface area contributed by atoms with Crippen molar-refractivity contribution in [3.63, 3.8) is 0 Å². The van der Waals surface area contributed by atoms with Gasteiger partial charge in [-0.2, -0.15) is 0 Å². The van der Waals surface area contributed by atoms with Gasteiger partial charge in [-0.05, 0) is 44.8 Å². The van der Waals surface area contributed by atoms with Crippen LogP contribution < -0.4 is 10.6 Å². The number of hydrogen-bond donors (Lipinski definition) is 2. The summed E-state index contributed by atoms with van der Waals surface area (Å²) in [7, 11) is 0. The Morgan fingerprint density at radius 1 is 1.50 bits per heavy atom. The van der Waals surface area contributed by atoms with Crippen molar-refractivity contribution >= 4 is 5.91 Å². The molecule has 0 saturated carbocycles. The molecule has 4 heteroatoms. The van der Waals surface area contributed by atoms with E-state index in [1.165, 1.54) is 13.0 Å². The molecule has 2 aliphatic heterocycles. The molecule has 4 nitrogen and oxygen atoms in total. The van der Waals surface area contributed by atoms with Gasteiger partial charge in [0.25, 0.3) is 0 Å². The molecule has 2 rings (SSSR count). The molecular formula is C14H27N3O. The maximum atomic E-state index is 12.3. The van der Waals surface area contributed by atoms with Gasteiger partial charge < -0.3 is 15.5 Å². The summed E-state index contributed by atoms with van der Waals surface area (Å²) in [4.78, 5) is 14.8. The zero-order valence-corrected chi connectivity index (χ0v) is 11.8. The molecule has 2 atom stereocenters. The maximum absolute atomic E-state index is 12.3. The van der Waals surface area contributed by atoms with E-state index in [1.807, 2.05) is 0 Å². The fraction of sp³-hybridized carbons (Fsp3) is 0.929. The molecule has 2 aliphatic rings. The van der Waals surface area contributed by atoms with E-state index in [1.54, 1.807) is 0 Å². The first-order valence-corrected chi connectivity index (χ1v) is 7.41. The Hall–Kier alpha value is -0.610. The highest BCUT2D eigenvalue weighted by atomic mass is 16.2. The predicted octanol–water partition coefficient (Wildman–Crippen LogP) is 0.834. The lowest BCUT2D eigenvalue weighted by Crippen LogP contribution is -2.44. The van der Waals surface area contributed by atoms with Gasteiger partial charge in [-0.25, -0.2) is 0 Å². The molecule has 1 amide bonds. The van der Waals surface area contributed by atoms with Crippen LogP contribution in [0.15, 0.2) is 0 Å². The van der Waals surface area contributed by atoms with Crippen molar-refractivity contribution < 1.29 is 4.79 Å². The molecule has 2 saturated heterocycles. The van der Waals surface area contributed by atoms with Crippen molar-refractivity contribution in [1.82, 2.24) is 15.5 Å². The summed E-state index contributed by atoms with van der Waals surface area (Å²) < 4.78 is 0.